The first-order valence-corrected chi connectivity index (χ1v) is 5.82. The molecule has 0 saturated heterocycles. The molecular weight excluding hydrogens is 250 g/mol. The normalized spacial score (nSPS) is 11.4. The number of nitrogens with one attached hydrogen (secondary N) is 1. The first-order chi connectivity index (χ1) is 8.97. The first-order valence-electron chi connectivity index (χ1n) is 5.82. The van der Waals surface area contributed by atoms with Crippen LogP contribution in [0, 0.1) is 25.5 Å². The Hall–Kier alpha value is -2.24. The fraction of sp³-hybridized carbons (Fsp3) is 0.231. The zero-order valence-electron chi connectivity index (χ0n) is 10.8. The number of aryl methyl sites for hydroxylation is 2. The van der Waals surface area contributed by atoms with Gasteiger partial charge in [-0.2, -0.15) is 5.10 Å². The van der Waals surface area contributed by atoms with Gasteiger partial charge < -0.3 is 4.98 Å². The molecule has 0 spiro atoms. The number of rotatable bonds is 1. The molecule has 1 N–H and O–H groups in total. The van der Waals surface area contributed by atoms with Crippen molar-refractivity contribution in [1.29, 1.82) is 0 Å². The molecule has 98 valence electrons. The summed E-state index contributed by atoms with van der Waals surface area (Å²) in [6.07, 6.45) is 0. The summed E-state index contributed by atoms with van der Waals surface area (Å²) in [5, 5.41) is 4.30. The number of aromatic amines is 1. The number of hydrogen-bond acceptors (Lipinski definition) is 2. The molecule has 0 aliphatic carbocycles. The Bertz CT molecular complexity index is 747. The summed E-state index contributed by atoms with van der Waals surface area (Å²) < 4.78 is 28.1. The Labute approximate surface area is 108 Å². The molecule has 0 unspecified atom stereocenters. The molecule has 0 atom stereocenters. The maximum Gasteiger partial charge on any atom is 0.161 e. The molecule has 0 radical (unpaired) electrons. The number of imidazole rings is 1. The van der Waals surface area contributed by atoms with E-state index in [9.17, 15) is 8.78 Å². The van der Waals surface area contributed by atoms with Gasteiger partial charge in [0.05, 0.1) is 22.3 Å². The molecule has 2 aromatic heterocycles. The molecule has 0 aliphatic heterocycles. The van der Waals surface area contributed by atoms with Crippen LogP contribution < -0.4 is 0 Å². The summed E-state index contributed by atoms with van der Waals surface area (Å²) >= 11 is 0. The van der Waals surface area contributed by atoms with Gasteiger partial charge in [0.25, 0.3) is 0 Å². The predicted octanol–water partition coefficient (Wildman–Crippen LogP) is 2.86. The van der Waals surface area contributed by atoms with E-state index in [0.29, 0.717) is 16.9 Å². The molecule has 19 heavy (non-hydrogen) atoms. The molecule has 0 amide bonds. The van der Waals surface area contributed by atoms with E-state index in [4.69, 9.17) is 0 Å². The topological polar surface area (TPSA) is 46.5 Å². The van der Waals surface area contributed by atoms with Crippen molar-refractivity contribution < 1.29 is 8.78 Å². The second kappa shape index (κ2) is 3.88. The number of benzene rings is 1. The highest BCUT2D eigenvalue weighted by molar-refractivity contribution is 5.80. The van der Waals surface area contributed by atoms with Gasteiger partial charge in [0, 0.05) is 24.9 Å². The van der Waals surface area contributed by atoms with Gasteiger partial charge in [0.2, 0.25) is 0 Å². The van der Waals surface area contributed by atoms with Crippen molar-refractivity contribution in [2.75, 3.05) is 0 Å². The Morgan fingerprint density at radius 1 is 1.16 bits per heavy atom. The molecule has 0 fully saturated rings. The number of H-pyrrole nitrogens is 1. The predicted molar refractivity (Wildman–Crippen MR) is 67.7 cm³/mol. The van der Waals surface area contributed by atoms with Crippen LogP contribution in [0.2, 0.25) is 0 Å². The van der Waals surface area contributed by atoms with E-state index in [0.717, 1.165) is 29.1 Å². The lowest BCUT2D eigenvalue weighted by Gasteiger charge is -1.96. The van der Waals surface area contributed by atoms with Crippen LogP contribution in [0.5, 0.6) is 0 Å². The summed E-state index contributed by atoms with van der Waals surface area (Å²) in [5.74, 6) is -1.21. The molecule has 3 aromatic rings. The zero-order valence-corrected chi connectivity index (χ0v) is 10.8. The third kappa shape index (κ3) is 1.71. The highest BCUT2D eigenvalue weighted by Gasteiger charge is 2.16. The number of halogens is 2. The summed E-state index contributed by atoms with van der Waals surface area (Å²) in [5.41, 5.74) is 3.49. The van der Waals surface area contributed by atoms with Gasteiger partial charge in [-0.3, -0.25) is 4.68 Å². The molecule has 1 aromatic carbocycles. The van der Waals surface area contributed by atoms with E-state index < -0.39 is 11.6 Å². The van der Waals surface area contributed by atoms with Gasteiger partial charge in [0.1, 0.15) is 5.82 Å². The summed E-state index contributed by atoms with van der Waals surface area (Å²) in [7, 11) is 1.84. The highest BCUT2D eigenvalue weighted by Crippen LogP contribution is 2.27. The van der Waals surface area contributed by atoms with Crippen molar-refractivity contribution in [3.8, 4) is 11.4 Å². The number of nitrogens with zero attached hydrogens (tertiary/aromatic N) is 3. The van der Waals surface area contributed by atoms with Crippen molar-refractivity contribution >= 4 is 11.0 Å². The van der Waals surface area contributed by atoms with Gasteiger partial charge in [-0.15, -0.1) is 0 Å². The smallest absolute Gasteiger partial charge is 0.161 e. The summed E-state index contributed by atoms with van der Waals surface area (Å²) in [4.78, 5) is 7.31. The van der Waals surface area contributed by atoms with Crippen LogP contribution in [-0.4, -0.2) is 19.7 Å². The Kier molecular flexibility index (Phi) is 2.41. The van der Waals surface area contributed by atoms with Gasteiger partial charge in [-0.05, 0) is 13.8 Å². The second-order valence-electron chi connectivity index (χ2n) is 4.54. The number of aromatic nitrogens is 4. The van der Waals surface area contributed by atoms with Crippen LogP contribution in [0.1, 0.15) is 11.4 Å². The van der Waals surface area contributed by atoms with E-state index in [1.54, 1.807) is 4.68 Å². The maximum absolute atomic E-state index is 13.2. The minimum atomic E-state index is -0.898. The Morgan fingerprint density at radius 2 is 1.84 bits per heavy atom. The molecule has 0 bridgehead atoms. The quantitative estimate of drug-likeness (QED) is 0.733. The van der Waals surface area contributed by atoms with Gasteiger partial charge in [-0.25, -0.2) is 13.8 Å². The monoisotopic (exact) mass is 262 g/mol. The summed E-state index contributed by atoms with van der Waals surface area (Å²) in [6, 6.07) is 2.20. The SMILES string of the molecule is Cc1nn(C)c(C)c1-c1nc2cc(F)c(F)cc2[nH]1. The fourth-order valence-corrected chi connectivity index (χ4v) is 2.24. The van der Waals surface area contributed by atoms with Crippen LogP contribution in [-0.2, 0) is 7.05 Å². The van der Waals surface area contributed by atoms with E-state index in [-0.39, 0.29) is 0 Å². The average molecular weight is 262 g/mol. The highest BCUT2D eigenvalue weighted by atomic mass is 19.2. The van der Waals surface area contributed by atoms with Gasteiger partial charge >= 0.3 is 0 Å². The van der Waals surface area contributed by atoms with Crippen LogP contribution in [0.25, 0.3) is 22.4 Å². The lowest BCUT2D eigenvalue weighted by molar-refractivity contribution is 0.510. The van der Waals surface area contributed by atoms with Gasteiger partial charge in [-0.1, -0.05) is 0 Å². The van der Waals surface area contributed by atoms with Crippen LogP contribution in [0.15, 0.2) is 12.1 Å². The third-order valence-electron chi connectivity index (χ3n) is 3.27. The number of fused-ring (bicyclic) bond motifs is 1. The van der Waals surface area contributed by atoms with Crippen LogP contribution >= 0.6 is 0 Å². The molecule has 6 heteroatoms. The third-order valence-corrected chi connectivity index (χ3v) is 3.27. The van der Waals surface area contributed by atoms with Crippen molar-refractivity contribution in [3.05, 3.63) is 35.2 Å². The van der Waals surface area contributed by atoms with Crippen molar-refractivity contribution in [2.24, 2.45) is 7.05 Å². The largest absolute Gasteiger partial charge is 0.338 e. The van der Waals surface area contributed by atoms with E-state index in [1.807, 2.05) is 20.9 Å². The van der Waals surface area contributed by atoms with E-state index >= 15 is 0 Å². The molecule has 4 nitrogen and oxygen atoms in total. The van der Waals surface area contributed by atoms with Crippen LogP contribution in [0.3, 0.4) is 0 Å². The van der Waals surface area contributed by atoms with Crippen molar-refractivity contribution in [2.45, 2.75) is 13.8 Å². The first kappa shape index (κ1) is 11.8. The maximum atomic E-state index is 13.2. The number of hydrogen-bond donors (Lipinski definition) is 1. The van der Waals surface area contributed by atoms with E-state index in [1.165, 1.54) is 0 Å². The Morgan fingerprint density at radius 3 is 2.47 bits per heavy atom. The molecule has 0 aliphatic rings. The fourth-order valence-electron chi connectivity index (χ4n) is 2.24. The molecule has 2 heterocycles. The average Bonchev–Trinajstić information content (AvgIpc) is 2.82. The molecular formula is C13H12F2N4. The van der Waals surface area contributed by atoms with Crippen molar-refractivity contribution in [3.63, 3.8) is 0 Å². The van der Waals surface area contributed by atoms with Crippen molar-refractivity contribution in [1.82, 2.24) is 19.7 Å². The molecule has 3 rings (SSSR count). The molecule has 0 saturated carbocycles. The zero-order chi connectivity index (χ0) is 13.7. The Balaban J connectivity index is 2.26. The lowest BCUT2D eigenvalue weighted by atomic mass is 10.2. The standard InChI is InChI=1S/C13H12F2N4/c1-6-12(7(2)19(3)18-6)13-16-10-4-8(14)9(15)5-11(10)17-13/h4-5H,1-3H3,(H,16,17). The second-order valence-corrected chi connectivity index (χ2v) is 4.54. The minimum absolute atomic E-state index is 0.400. The van der Waals surface area contributed by atoms with Gasteiger partial charge in [0.15, 0.2) is 11.6 Å². The minimum Gasteiger partial charge on any atom is -0.338 e. The van der Waals surface area contributed by atoms with E-state index in [2.05, 4.69) is 15.1 Å². The summed E-state index contributed by atoms with van der Waals surface area (Å²) in [6.45, 7) is 3.79. The van der Waals surface area contributed by atoms with Crippen LogP contribution in [0.4, 0.5) is 8.78 Å². The lowest BCUT2D eigenvalue weighted by Crippen LogP contribution is -1.92.